The first kappa shape index (κ1) is 9.19. The first-order valence-electron chi connectivity index (χ1n) is 3.32. The fraction of sp³-hybridized carbons (Fsp3) is 0.125. The van der Waals surface area contributed by atoms with Crippen LogP contribution >= 0.6 is 15.9 Å². The van der Waals surface area contributed by atoms with Crippen molar-refractivity contribution in [1.29, 1.82) is 0 Å². The Balaban J connectivity index is 3.05. The van der Waals surface area contributed by atoms with Gasteiger partial charge < -0.3 is 5.32 Å². The molecule has 1 aromatic carbocycles. The van der Waals surface area contributed by atoms with E-state index in [4.69, 9.17) is 0 Å². The van der Waals surface area contributed by atoms with E-state index in [1.165, 1.54) is 19.2 Å². The Labute approximate surface area is 77.9 Å². The second-order valence-electron chi connectivity index (χ2n) is 2.21. The molecule has 64 valence electrons. The zero-order valence-electron chi connectivity index (χ0n) is 6.40. The molecule has 4 heteroatoms. The van der Waals surface area contributed by atoms with Gasteiger partial charge in [-0.15, -0.1) is 0 Å². The van der Waals surface area contributed by atoms with E-state index < -0.39 is 5.82 Å². The predicted octanol–water partition coefficient (Wildman–Crippen LogP) is 1.95. The minimum Gasteiger partial charge on any atom is -0.355 e. The number of carbonyl (C=O) groups excluding carboxylic acids is 1. The van der Waals surface area contributed by atoms with E-state index in [1.54, 1.807) is 6.07 Å². The SMILES string of the molecule is CNC(=O)c1ccc(Br)c(F)c1. The molecule has 1 rings (SSSR count). The minimum absolute atomic E-state index is 0.290. The maximum atomic E-state index is 12.8. The third-order valence-electron chi connectivity index (χ3n) is 1.41. The lowest BCUT2D eigenvalue weighted by molar-refractivity contribution is 0.0962. The van der Waals surface area contributed by atoms with E-state index in [0.29, 0.717) is 10.0 Å². The summed E-state index contributed by atoms with van der Waals surface area (Å²) in [6.45, 7) is 0. The topological polar surface area (TPSA) is 29.1 Å². The highest BCUT2D eigenvalue weighted by Gasteiger charge is 2.05. The molecule has 1 N–H and O–H groups in total. The lowest BCUT2D eigenvalue weighted by atomic mass is 10.2. The summed E-state index contributed by atoms with van der Waals surface area (Å²) in [5, 5.41) is 2.41. The molecule has 0 unspecified atom stereocenters. The van der Waals surface area contributed by atoms with Crippen molar-refractivity contribution >= 4 is 21.8 Å². The number of hydrogen-bond donors (Lipinski definition) is 1. The number of rotatable bonds is 1. The summed E-state index contributed by atoms with van der Waals surface area (Å²) in [6, 6.07) is 4.23. The van der Waals surface area contributed by atoms with Crippen LogP contribution in [0.3, 0.4) is 0 Å². The Morgan fingerprint density at radius 3 is 2.75 bits per heavy atom. The molecule has 0 aliphatic rings. The number of amides is 1. The number of nitrogens with one attached hydrogen (secondary N) is 1. The van der Waals surface area contributed by atoms with Gasteiger partial charge in [-0.3, -0.25) is 4.79 Å². The van der Waals surface area contributed by atoms with Gasteiger partial charge in [-0.1, -0.05) is 0 Å². The van der Waals surface area contributed by atoms with Gasteiger partial charge in [0.05, 0.1) is 4.47 Å². The molecule has 2 nitrogen and oxygen atoms in total. The first-order valence-corrected chi connectivity index (χ1v) is 4.11. The third kappa shape index (κ3) is 1.82. The number of benzene rings is 1. The van der Waals surface area contributed by atoms with Gasteiger partial charge in [-0.2, -0.15) is 0 Å². The molecule has 0 saturated heterocycles. The molecule has 0 heterocycles. The van der Waals surface area contributed by atoms with Crippen molar-refractivity contribution in [2.75, 3.05) is 7.05 Å². The smallest absolute Gasteiger partial charge is 0.251 e. The Morgan fingerprint density at radius 1 is 1.58 bits per heavy atom. The van der Waals surface area contributed by atoms with Gasteiger partial charge in [-0.25, -0.2) is 4.39 Å². The normalized spacial score (nSPS) is 9.58. The van der Waals surface area contributed by atoms with E-state index in [1.807, 2.05) is 0 Å². The average molecular weight is 232 g/mol. The summed E-state index contributed by atoms with van der Waals surface area (Å²) in [7, 11) is 1.50. The van der Waals surface area contributed by atoms with Crippen LogP contribution in [0.25, 0.3) is 0 Å². The van der Waals surface area contributed by atoms with Gasteiger partial charge in [0.2, 0.25) is 0 Å². The van der Waals surface area contributed by atoms with Crippen LogP contribution in [0, 0.1) is 5.82 Å². The monoisotopic (exact) mass is 231 g/mol. The van der Waals surface area contributed by atoms with Gasteiger partial charge in [0.1, 0.15) is 5.82 Å². The zero-order valence-corrected chi connectivity index (χ0v) is 7.98. The van der Waals surface area contributed by atoms with Gasteiger partial charge in [0.25, 0.3) is 5.91 Å². The van der Waals surface area contributed by atoms with Crippen molar-refractivity contribution in [1.82, 2.24) is 5.32 Å². The zero-order chi connectivity index (χ0) is 9.14. The Morgan fingerprint density at radius 2 is 2.25 bits per heavy atom. The van der Waals surface area contributed by atoms with Gasteiger partial charge >= 0.3 is 0 Å². The van der Waals surface area contributed by atoms with Gasteiger partial charge in [0.15, 0.2) is 0 Å². The van der Waals surface area contributed by atoms with Crippen LogP contribution in [0.2, 0.25) is 0 Å². The van der Waals surface area contributed by atoms with Gasteiger partial charge in [0, 0.05) is 12.6 Å². The van der Waals surface area contributed by atoms with Crippen LogP contribution in [-0.4, -0.2) is 13.0 Å². The number of halogens is 2. The highest BCUT2D eigenvalue weighted by molar-refractivity contribution is 9.10. The van der Waals surface area contributed by atoms with E-state index >= 15 is 0 Å². The summed E-state index contributed by atoms with van der Waals surface area (Å²) < 4.78 is 13.2. The molecule has 0 aromatic heterocycles. The molecule has 12 heavy (non-hydrogen) atoms. The fourth-order valence-corrected chi connectivity index (χ4v) is 1.03. The van der Waals surface area contributed by atoms with E-state index in [2.05, 4.69) is 21.2 Å². The Kier molecular flexibility index (Phi) is 2.81. The molecule has 0 saturated carbocycles. The molecule has 0 spiro atoms. The number of hydrogen-bond acceptors (Lipinski definition) is 1. The molecule has 0 fully saturated rings. The van der Waals surface area contributed by atoms with Crippen molar-refractivity contribution < 1.29 is 9.18 Å². The molecule has 0 aliphatic heterocycles. The molecule has 1 amide bonds. The highest BCUT2D eigenvalue weighted by Crippen LogP contribution is 2.15. The average Bonchev–Trinajstić information content (AvgIpc) is 2.08. The van der Waals surface area contributed by atoms with Crippen LogP contribution in [0.1, 0.15) is 10.4 Å². The van der Waals surface area contributed by atoms with Crippen LogP contribution in [0.5, 0.6) is 0 Å². The second kappa shape index (κ2) is 3.67. The quantitative estimate of drug-likeness (QED) is 0.787. The predicted molar refractivity (Wildman–Crippen MR) is 47.5 cm³/mol. The summed E-state index contributed by atoms with van der Waals surface area (Å²) in [4.78, 5) is 11.0. The maximum Gasteiger partial charge on any atom is 0.251 e. The minimum atomic E-state index is -0.434. The second-order valence-corrected chi connectivity index (χ2v) is 3.06. The van der Waals surface area contributed by atoms with Gasteiger partial charge in [-0.05, 0) is 34.1 Å². The highest BCUT2D eigenvalue weighted by atomic mass is 79.9. The van der Waals surface area contributed by atoms with Crippen molar-refractivity contribution in [2.24, 2.45) is 0 Å². The van der Waals surface area contributed by atoms with Crippen molar-refractivity contribution in [3.63, 3.8) is 0 Å². The first-order chi connectivity index (χ1) is 5.65. The maximum absolute atomic E-state index is 12.8. The molecule has 0 bridgehead atoms. The summed E-state index contributed by atoms with van der Waals surface area (Å²) in [5.74, 6) is -0.725. The van der Waals surface area contributed by atoms with E-state index in [0.717, 1.165) is 0 Å². The lowest BCUT2D eigenvalue weighted by Gasteiger charge is -1.99. The summed E-state index contributed by atoms with van der Waals surface area (Å²) in [5.41, 5.74) is 0.318. The Bertz CT molecular complexity index is 314. The van der Waals surface area contributed by atoms with Crippen LogP contribution in [-0.2, 0) is 0 Å². The molecule has 0 radical (unpaired) electrons. The number of carbonyl (C=O) groups is 1. The summed E-state index contributed by atoms with van der Waals surface area (Å²) >= 11 is 2.99. The standard InChI is InChI=1S/C8H7BrFNO/c1-11-8(12)5-2-3-6(9)7(10)4-5/h2-4H,1H3,(H,11,12). The van der Waals surface area contributed by atoms with E-state index in [-0.39, 0.29) is 5.91 Å². The lowest BCUT2D eigenvalue weighted by Crippen LogP contribution is -2.17. The third-order valence-corrected chi connectivity index (χ3v) is 2.05. The fourth-order valence-electron chi connectivity index (χ4n) is 0.782. The molecule has 0 aliphatic carbocycles. The van der Waals surface area contributed by atoms with Crippen molar-refractivity contribution in [3.8, 4) is 0 Å². The molecule has 1 aromatic rings. The summed E-state index contributed by atoms with van der Waals surface area (Å²) in [6.07, 6.45) is 0. The van der Waals surface area contributed by atoms with Crippen molar-refractivity contribution in [2.45, 2.75) is 0 Å². The molecular formula is C8H7BrFNO. The van der Waals surface area contributed by atoms with E-state index in [9.17, 15) is 9.18 Å². The Hall–Kier alpha value is -0.900. The largest absolute Gasteiger partial charge is 0.355 e. The van der Waals surface area contributed by atoms with Crippen LogP contribution in [0.4, 0.5) is 4.39 Å². The van der Waals surface area contributed by atoms with Crippen LogP contribution in [0.15, 0.2) is 22.7 Å². The van der Waals surface area contributed by atoms with Crippen LogP contribution < -0.4 is 5.32 Å². The molecule has 0 atom stereocenters. The van der Waals surface area contributed by atoms with Crippen molar-refractivity contribution in [3.05, 3.63) is 34.1 Å². The molecular weight excluding hydrogens is 225 g/mol.